The van der Waals surface area contributed by atoms with Gasteiger partial charge in [0.05, 0.1) is 12.2 Å². The smallest absolute Gasteiger partial charge is 0.320 e. The number of rotatable bonds is 6. The van der Waals surface area contributed by atoms with Crippen LogP contribution in [-0.4, -0.2) is 27.5 Å². The van der Waals surface area contributed by atoms with E-state index in [1.807, 2.05) is 23.6 Å². The van der Waals surface area contributed by atoms with Crippen LogP contribution in [0.25, 0.3) is 0 Å². The van der Waals surface area contributed by atoms with Gasteiger partial charge in [-0.25, -0.2) is 4.79 Å². The van der Waals surface area contributed by atoms with Crippen molar-refractivity contribution in [1.82, 2.24) is 15.1 Å². The average molecular weight is 336 g/mol. The number of hydrogen-bond acceptors (Lipinski definition) is 4. The molecule has 0 aromatic carbocycles. The summed E-state index contributed by atoms with van der Waals surface area (Å²) in [7, 11) is 1.79. The number of carbonyl (C=O) groups excluding carboxylic acids is 1. The summed E-state index contributed by atoms with van der Waals surface area (Å²) in [6.45, 7) is 6.07. The molecular weight excluding hydrogens is 312 g/mol. The Morgan fingerprint density at radius 3 is 2.87 bits per heavy atom. The van der Waals surface area contributed by atoms with E-state index in [-0.39, 0.29) is 12.6 Å². The van der Waals surface area contributed by atoms with E-state index in [0.717, 1.165) is 17.0 Å². The molecule has 1 atom stereocenters. The minimum absolute atomic E-state index is 0.135. The summed E-state index contributed by atoms with van der Waals surface area (Å²) in [5.41, 5.74) is -0.135. The van der Waals surface area contributed by atoms with Crippen molar-refractivity contribution in [3.05, 3.63) is 34.2 Å². The molecule has 0 spiro atoms. The van der Waals surface area contributed by atoms with E-state index in [1.165, 1.54) is 11.3 Å². The maximum Gasteiger partial charge on any atom is 0.320 e. The third-order valence-electron chi connectivity index (χ3n) is 3.43. The Morgan fingerprint density at radius 2 is 2.26 bits per heavy atom. The van der Waals surface area contributed by atoms with Crippen molar-refractivity contribution < 1.29 is 9.90 Å². The Balaban J connectivity index is 1.91. The van der Waals surface area contributed by atoms with Gasteiger partial charge in [0, 0.05) is 18.0 Å². The number of hydrogen-bond donors (Lipinski definition) is 3. The number of urea groups is 1. The SMILES string of the molecule is CC(C)Cc1cc(NC(=O)NC[C@@](C)(O)c2cccs2)n(C)n1. The number of nitrogens with zero attached hydrogens (tertiary/aromatic N) is 2. The third-order valence-corrected chi connectivity index (χ3v) is 4.56. The van der Waals surface area contributed by atoms with Gasteiger partial charge in [-0.3, -0.25) is 10.00 Å². The van der Waals surface area contributed by atoms with Gasteiger partial charge in [-0.1, -0.05) is 19.9 Å². The van der Waals surface area contributed by atoms with Gasteiger partial charge in [0.15, 0.2) is 0 Å². The highest BCUT2D eigenvalue weighted by Gasteiger charge is 2.25. The maximum absolute atomic E-state index is 12.0. The Kier molecular flexibility index (Phi) is 5.43. The molecule has 2 heterocycles. The van der Waals surface area contributed by atoms with Crippen molar-refractivity contribution in [3.63, 3.8) is 0 Å². The van der Waals surface area contributed by atoms with Crippen LogP contribution in [0.2, 0.25) is 0 Å². The van der Waals surface area contributed by atoms with E-state index in [1.54, 1.807) is 18.7 Å². The van der Waals surface area contributed by atoms with E-state index in [2.05, 4.69) is 29.6 Å². The van der Waals surface area contributed by atoms with Crippen LogP contribution in [0.1, 0.15) is 31.3 Å². The van der Waals surface area contributed by atoms with Gasteiger partial charge in [0.2, 0.25) is 0 Å². The zero-order valence-corrected chi connectivity index (χ0v) is 14.8. The lowest BCUT2D eigenvalue weighted by Gasteiger charge is -2.22. The van der Waals surface area contributed by atoms with Gasteiger partial charge in [-0.2, -0.15) is 5.10 Å². The molecule has 0 saturated heterocycles. The molecule has 0 fully saturated rings. The first-order valence-corrected chi connectivity index (χ1v) is 8.50. The van der Waals surface area contributed by atoms with E-state index in [4.69, 9.17) is 0 Å². The van der Waals surface area contributed by atoms with Crippen LogP contribution in [0, 0.1) is 5.92 Å². The molecule has 0 aliphatic heterocycles. The standard InChI is InChI=1S/C16H24N4O2S/c1-11(2)8-12-9-14(20(4)19-12)18-15(21)17-10-16(3,22)13-6-5-7-23-13/h5-7,9,11,22H,8,10H2,1-4H3,(H2,17,18,21)/t16-/m1/s1. The van der Waals surface area contributed by atoms with Crippen molar-refractivity contribution in [1.29, 1.82) is 0 Å². The maximum atomic E-state index is 12.0. The van der Waals surface area contributed by atoms with Crippen molar-refractivity contribution in [2.24, 2.45) is 13.0 Å². The topological polar surface area (TPSA) is 79.2 Å². The van der Waals surface area contributed by atoms with Crippen LogP contribution in [0.3, 0.4) is 0 Å². The largest absolute Gasteiger partial charge is 0.383 e. The van der Waals surface area contributed by atoms with Crippen LogP contribution in [0.4, 0.5) is 10.6 Å². The first-order valence-electron chi connectivity index (χ1n) is 7.62. The summed E-state index contributed by atoms with van der Waals surface area (Å²) in [4.78, 5) is 12.9. The molecule has 0 saturated carbocycles. The fraction of sp³-hybridized carbons (Fsp3) is 0.500. The highest BCUT2D eigenvalue weighted by atomic mass is 32.1. The quantitative estimate of drug-likeness (QED) is 0.759. The molecule has 0 aliphatic rings. The fourth-order valence-corrected chi connectivity index (χ4v) is 3.03. The molecule has 2 amide bonds. The second-order valence-corrected chi connectivity index (χ2v) is 7.25. The lowest BCUT2D eigenvalue weighted by molar-refractivity contribution is 0.0637. The van der Waals surface area contributed by atoms with Crippen LogP contribution >= 0.6 is 11.3 Å². The number of amides is 2. The second-order valence-electron chi connectivity index (χ2n) is 6.30. The first kappa shape index (κ1) is 17.5. The van der Waals surface area contributed by atoms with E-state index < -0.39 is 5.60 Å². The van der Waals surface area contributed by atoms with Crippen LogP contribution < -0.4 is 10.6 Å². The highest BCUT2D eigenvalue weighted by molar-refractivity contribution is 7.10. The van der Waals surface area contributed by atoms with Crippen LogP contribution in [0.15, 0.2) is 23.6 Å². The predicted octanol–water partition coefficient (Wildman–Crippen LogP) is 2.71. The molecule has 6 nitrogen and oxygen atoms in total. The van der Waals surface area contributed by atoms with Gasteiger partial charge in [-0.05, 0) is 30.7 Å². The normalized spacial score (nSPS) is 13.8. The summed E-state index contributed by atoms with van der Waals surface area (Å²) in [6.07, 6.45) is 0.865. The van der Waals surface area contributed by atoms with E-state index in [9.17, 15) is 9.90 Å². The van der Waals surface area contributed by atoms with Gasteiger partial charge < -0.3 is 10.4 Å². The third kappa shape index (κ3) is 4.80. The Bertz CT molecular complexity index is 647. The van der Waals surface area contributed by atoms with Gasteiger partial charge in [0.1, 0.15) is 11.4 Å². The number of carbonyl (C=O) groups is 1. The molecule has 0 radical (unpaired) electrons. The Labute approximate surface area is 140 Å². The van der Waals surface area contributed by atoms with E-state index >= 15 is 0 Å². The zero-order chi connectivity index (χ0) is 17.0. The predicted molar refractivity (Wildman–Crippen MR) is 92.7 cm³/mol. The molecule has 2 aromatic heterocycles. The average Bonchev–Trinajstić information content (AvgIpc) is 3.07. The molecule has 23 heavy (non-hydrogen) atoms. The van der Waals surface area contributed by atoms with Crippen molar-refractivity contribution in [3.8, 4) is 0 Å². The van der Waals surface area contributed by atoms with Gasteiger partial charge >= 0.3 is 6.03 Å². The Morgan fingerprint density at radius 1 is 1.52 bits per heavy atom. The molecular formula is C16H24N4O2S. The monoisotopic (exact) mass is 336 g/mol. The molecule has 2 aromatic rings. The lowest BCUT2D eigenvalue weighted by Crippen LogP contribution is -2.40. The number of anilines is 1. The summed E-state index contributed by atoms with van der Waals surface area (Å²) >= 11 is 1.46. The summed E-state index contributed by atoms with van der Waals surface area (Å²) < 4.78 is 1.65. The van der Waals surface area contributed by atoms with Gasteiger partial charge in [-0.15, -0.1) is 11.3 Å². The van der Waals surface area contributed by atoms with Crippen molar-refractivity contribution >= 4 is 23.2 Å². The van der Waals surface area contributed by atoms with Crippen molar-refractivity contribution in [2.75, 3.05) is 11.9 Å². The molecule has 2 rings (SSSR count). The molecule has 0 bridgehead atoms. The lowest BCUT2D eigenvalue weighted by atomic mass is 10.1. The summed E-state index contributed by atoms with van der Waals surface area (Å²) in [5.74, 6) is 1.14. The molecule has 7 heteroatoms. The number of aryl methyl sites for hydroxylation is 1. The number of aromatic nitrogens is 2. The molecule has 126 valence electrons. The minimum atomic E-state index is -1.08. The molecule has 3 N–H and O–H groups in total. The van der Waals surface area contributed by atoms with Crippen LogP contribution in [-0.2, 0) is 19.1 Å². The second kappa shape index (κ2) is 7.14. The highest BCUT2D eigenvalue weighted by Crippen LogP contribution is 2.24. The Hall–Kier alpha value is -1.86. The fourth-order valence-electron chi connectivity index (χ4n) is 2.25. The zero-order valence-electron chi connectivity index (χ0n) is 14.0. The number of aliphatic hydroxyl groups is 1. The van der Waals surface area contributed by atoms with Crippen molar-refractivity contribution in [2.45, 2.75) is 32.8 Å². The summed E-state index contributed by atoms with van der Waals surface area (Å²) in [5, 5.41) is 22.1. The first-order chi connectivity index (χ1) is 10.8. The van der Waals surface area contributed by atoms with Gasteiger partial charge in [0.25, 0.3) is 0 Å². The minimum Gasteiger partial charge on any atom is -0.383 e. The number of nitrogens with one attached hydrogen (secondary N) is 2. The molecule has 0 aliphatic carbocycles. The van der Waals surface area contributed by atoms with E-state index in [0.29, 0.717) is 11.7 Å². The summed E-state index contributed by atoms with van der Waals surface area (Å²) in [6, 6.07) is 5.24. The molecule has 0 unspecified atom stereocenters. The van der Waals surface area contributed by atoms with Crippen LogP contribution in [0.5, 0.6) is 0 Å². The number of thiophene rings is 1.